The number of amides is 1. The van der Waals surface area contributed by atoms with Gasteiger partial charge >= 0.3 is 16.2 Å². The van der Waals surface area contributed by atoms with Gasteiger partial charge < -0.3 is 31.5 Å². The number of nitrogens with one attached hydrogen (secondary N) is 2. The second-order valence-electron chi connectivity index (χ2n) is 6.99. The smallest absolute Gasteiger partial charge is 0.303 e. The van der Waals surface area contributed by atoms with Gasteiger partial charge in [-0.15, -0.1) is 0 Å². The maximum atomic E-state index is 12.1. The molecule has 2 aromatic rings. The van der Waals surface area contributed by atoms with Crippen molar-refractivity contribution in [3.8, 4) is 0 Å². The number of ether oxygens (including phenoxy) is 1. The minimum atomic E-state index is -4.41. The molecule has 17 heteroatoms. The summed E-state index contributed by atoms with van der Waals surface area (Å²) in [4.78, 5) is 34.2. The quantitative estimate of drug-likeness (QED) is 0.184. The van der Waals surface area contributed by atoms with E-state index in [1.54, 1.807) is 4.72 Å². The predicted octanol–water partition coefficient (Wildman–Crippen LogP) is -3.83. The number of nitrogens with two attached hydrogens (primary N) is 2. The third-order valence-corrected chi connectivity index (χ3v) is 5.73. The van der Waals surface area contributed by atoms with Crippen LogP contribution in [0.15, 0.2) is 12.7 Å². The molecular weight excluding hydrogens is 452 g/mol. The van der Waals surface area contributed by atoms with Gasteiger partial charge in [-0.3, -0.25) is 14.2 Å². The van der Waals surface area contributed by atoms with Crippen LogP contribution in [0.25, 0.3) is 11.2 Å². The first-order chi connectivity index (χ1) is 15.0. The van der Waals surface area contributed by atoms with Crippen LogP contribution in [-0.4, -0.2) is 86.0 Å². The number of hydrogen-bond acceptors (Lipinski definition) is 12. The SMILES string of the molecule is Nc1ncnc2c1ncn2C1O[C@H](CNS(=O)(=O)NC(=O)[C@@H](N)CCC(=O)O)[C@@H](O)[C@H]1O. The molecule has 5 atom stereocenters. The molecule has 1 aliphatic rings. The fourth-order valence-electron chi connectivity index (χ4n) is 3.03. The Bertz CT molecular complexity index is 1110. The van der Waals surface area contributed by atoms with Crippen LogP contribution in [-0.2, 0) is 24.5 Å². The zero-order chi connectivity index (χ0) is 23.6. The molecule has 0 bridgehead atoms. The maximum Gasteiger partial charge on any atom is 0.303 e. The molecule has 0 spiro atoms. The van der Waals surface area contributed by atoms with Crippen molar-refractivity contribution in [1.29, 1.82) is 0 Å². The summed E-state index contributed by atoms with van der Waals surface area (Å²) in [5, 5.41) is 29.2. The molecule has 2 aromatic heterocycles. The molecule has 16 nitrogen and oxygen atoms in total. The van der Waals surface area contributed by atoms with Crippen molar-refractivity contribution in [1.82, 2.24) is 29.0 Å². The lowest BCUT2D eigenvalue weighted by Gasteiger charge is -2.17. The summed E-state index contributed by atoms with van der Waals surface area (Å²) < 4.78 is 34.8. The number of carboxylic acids is 1. The standard InChI is InChI=1S/C15H22N8O8S/c16-6(1-2-8(24)25)14(28)22-32(29,30)21-3-7-10(26)11(27)15(31-7)23-5-20-9-12(17)18-4-19-13(9)23/h4-7,10-11,15,21,26-27H,1-3,16H2,(H,22,28)(H,24,25)(H2,17,18,19)/t6-,7+,10+,11+,15?/m0/s1. The summed E-state index contributed by atoms with van der Waals surface area (Å²) in [5.74, 6) is -2.19. The Morgan fingerprint density at radius 3 is 2.66 bits per heavy atom. The monoisotopic (exact) mass is 474 g/mol. The molecule has 9 N–H and O–H groups in total. The lowest BCUT2D eigenvalue weighted by Crippen LogP contribution is -2.50. The second kappa shape index (κ2) is 9.27. The molecule has 3 rings (SSSR count). The van der Waals surface area contributed by atoms with Gasteiger partial charge in [0.15, 0.2) is 17.7 Å². The van der Waals surface area contributed by atoms with E-state index < -0.39 is 65.6 Å². The number of aliphatic carboxylic acids is 1. The van der Waals surface area contributed by atoms with Crippen LogP contribution >= 0.6 is 0 Å². The van der Waals surface area contributed by atoms with Gasteiger partial charge in [0, 0.05) is 13.0 Å². The molecule has 0 saturated carbocycles. The number of anilines is 1. The van der Waals surface area contributed by atoms with E-state index in [1.807, 2.05) is 4.72 Å². The van der Waals surface area contributed by atoms with Crippen LogP contribution in [0.3, 0.4) is 0 Å². The number of carbonyl (C=O) groups excluding carboxylic acids is 1. The Kier molecular flexibility index (Phi) is 6.86. The van der Waals surface area contributed by atoms with Crippen LogP contribution < -0.4 is 20.9 Å². The van der Waals surface area contributed by atoms with E-state index in [0.29, 0.717) is 0 Å². The van der Waals surface area contributed by atoms with Gasteiger partial charge in [0.05, 0.1) is 12.4 Å². The highest BCUT2D eigenvalue weighted by atomic mass is 32.2. The van der Waals surface area contributed by atoms with Crippen LogP contribution in [0.1, 0.15) is 19.1 Å². The zero-order valence-corrected chi connectivity index (χ0v) is 17.2. The minimum absolute atomic E-state index is 0.100. The number of carbonyl (C=O) groups is 2. The average molecular weight is 474 g/mol. The number of fused-ring (bicyclic) bond motifs is 1. The van der Waals surface area contributed by atoms with Crippen LogP contribution in [0, 0.1) is 0 Å². The molecule has 0 aliphatic carbocycles. The molecule has 1 amide bonds. The fourth-order valence-corrected chi connectivity index (χ4v) is 3.90. The number of rotatable bonds is 9. The average Bonchev–Trinajstić information content (AvgIpc) is 3.27. The number of carboxylic acid groups (broad SMARTS) is 1. The summed E-state index contributed by atoms with van der Waals surface area (Å²) in [7, 11) is -4.41. The molecule has 0 aromatic carbocycles. The first-order valence-electron chi connectivity index (χ1n) is 9.23. The van der Waals surface area contributed by atoms with Crippen molar-refractivity contribution in [2.45, 2.75) is 43.4 Å². The van der Waals surface area contributed by atoms with Gasteiger partial charge in [-0.2, -0.15) is 13.1 Å². The Balaban J connectivity index is 1.62. The van der Waals surface area contributed by atoms with Crippen LogP contribution in [0.4, 0.5) is 5.82 Å². The summed E-state index contributed by atoms with van der Waals surface area (Å²) in [6.45, 7) is -0.508. The molecule has 3 heterocycles. The number of hydrogen-bond donors (Lipinski definition) is 7. The lowest BCUT2D eigenvalue weighted by molar-refractivity contribution is -0.137. The second-order valence-corrected chi connectivity index (χ2v) is 8.49. The van der Waals surface area contributed by atoms with E-state index in [-0.39, 0.29) is 23.4 Å². The zero-order valence-electron chi connectivity index (χ0n) is 16.4. The van der Waals surface area contributed by atoms with Crippen LogP contribution in [0.5, 0.6) is 0 Å². The maximum absolute atomic E-state index is 12.1. The summed E-state index contributed by atoms with van der Waals surface area (Å²) >= 11 is 0. The Morgan fingerprint density at radius 1 is 1.25 bits per heavy atom. The molecule has 1 unspecified atom stereocenters. The van der Waals surface area contributed by atoms with Crippen molar-refractivity contribution in [3.05, 3.63) is 12.7 Å². The highest BCUT2D eigenvalue weighted by Gasteiger charge is 2.44. The molecule has 32 heavy (non-hydrogen) atoms. The first-order valence-corrected chi connectivity index (χ1v) is 10.7. The Morgan fingerprint density at radius 2 is 1.97 bits per heavy atom. The molecular formula is C15H22N8O8S. The number of nitrogen functional groups attached to an aromatic ring is 1. The van der Waals surface area contributed by atoms with Gasteiger partial charge in [-0.1, -0.05) is 0 Å². The van der Waals surface area contributed by atoms with Crippen LogP contribution in [0.2, 0.25) is 0 Å². The Labute approximate surface area is 180 Å². The number of imidazole rings is 1. The number of aliphatic hydroxyl groups excluding tert-OH is 2. The van der Waals surface area contributed by atoms with Crippen molar-refractivity contribution >= 4 is 39.1 Å². The molecule has 1 aliphatic heterocycles. The third-order valence-electron chi connectivity index (χ3n) is 4.71. The van der Waals surface area contributed by atoms with Crippen molar-refractivity contribution in [2.75, 3.05) is 12.3 Å². The van der Waals surface area contributed by atoms with Crippen molar-refractivity contribution < 1.29 is 38.1 Å². The number of nitrogens with zero attached hydrogens (tertiary/aromatic N) is 4. The van der Waals surface area contributed by atoms with E-state index in [0.717, 1.165) is 0 Å². The summed E-state index contributed by atoms with van der Waals surface area (Å²) in [5.41, 5.74) is 11.7. The van der Waals surface area contributed by atoms with Crippen molar-refractivity contribution in [2.24, 2.45) is 5.73 Å². The highest BCUT2D eigenvalue weighted by Crippen LogP contribution is 2.31. The molecule has 0 radical (unpaired) electrons. The van der Waals surface area contributed by atoms with Gasteiger partial charge in [0.2, 0.25) is 0 Å². The lowest BCUT2D eigenvalue weighted by atomic mass is 10.1. The van der Waals surface area contributed by atoms with Gasteiger partial charge in [-0.05, 0) is 6.42 Å². The molecule has 176 valence electrons. The fraction of sp³-hybridized carbons (Fsp3) is 0.533. The number of aliphatic hydroxyl groups is 2. The number of aromatic nitrogens is 4. The van der Waals surface area contributed by atoms with Gasteiger partial charge in [0.1, 0.15) is 30.2 Å². The van der Waals surface area contributed by atoms with E-state index in [1.165, 1.54) is 17.2 Å². The summed E-state index contributed by atoms with van der Waals surface area (Å²) in [6.07, 6.45) is -3.52. The van der Waals surface area contributed by atoms with E-state index >= 15 is 0 Å². The topological polar surface area (TPSA) is 258 Å². The van der Waals surface area contributed by atoms with E-state index in [9.17, 15) is 28.2 Å². The molecule has 1 saturated heterocycles. The first kappa shape index (κ1) is 23.7. The van der Waals surface area contributed by atoms with E-state index in [2.05, 4.69) is 15.0 Å². The predicted molar refractivity (Wildman–Crippen MR) is 106 cm³/mol. The summed E-state index contributed by atoms with van der Waals surface area (Å²) in [6, 6.07) is -1.36. The minimum Gasteiger partial charge on any atom is -0.481 e. The highest BCUT2D eigenvalue weighted by molar-refractivity contribution is 7.88. The van der Waals surface area contributed by atoms with Crippen molar-refractivity contribution in [3.63, 3.8) is 0 Å². The molecule has 1 fully saturated rings. The normalized spacial score (nSPS) is 24.5. The Hall–Kier alpha value is -2.96. The third kappa shape index (κ3) is 5.09. The van der Waals surface area contributed by atoms with Gasteiger partial charge in [0.25, 0.3) is 5.91 Å². The largest absolute Gasteiger partial charge is 0.481 e. The van der Waals surface area contributed by atoms with E-state index in [4.69, 9.17) is 21.3 Å². The van der Waals surface area contributed by atoms with Gasteiger partial charge in [-0.25, -0.2) is 19.7 Å².